The summed E-state index contributed by atoms with van der Waals surface area (Å²) in [5, 5.41) is 12.2. The summed E-state index contributed by atoms with van der Waals surface area (Å²) in [5.74, 6) is 1.56. The molecule has 0 fully saturated rings. The minimum absolute atomic E-state index is 0.385. The van der Waals surface area contributed by atoms with Gasteiger partial charge in [0.1, 0.15) is 0 Å². The molecule has 0 amide bonds. The van der Waals surface area contributed by atoms with Crippen LogP contribution in [0.5, 0.6) is 11.5 Å². The van der Waals surface area contributed by atoms with Crippen LogP contribution in [0.15, 0.2) is 18.2 Å². The molecule has 0 saturated heterocycles. The molecule has 0 radical (unpaired) electrons. The van der Waals surface area contributed by atoms with Gasteiger partial charge in [-0.1, -0.05) is 0 Å². The summed E-state index contributed by atoms with van der Waals surface area (Å²) in [7, 11) is 0. The molecular weight excluding hydrogens is 228 g/mol. The molecule has 0 spiro atoms. The zero-order valence-electron chi connectivity index (χ0n) is 10.8. The Hall–Kier alpha value is -1.89. The highest BCUT2D eigenvalue weighted by atomic mass is 16.5. The lowest BCUT2D eigenvalue weighted by atomic mass is 9.96. The molecule has 0 aromatic heterocycles. The van der Waals surface area contributed by atoms with Crippen LogP contribution in [0.25, 0.3) is 0 Å². The van der Waals surface area contributed by atoms with Crippen LogP contribution in [-0.4, -0.2) is 19.8 Å². The maximum absolute atomic E-state index is 8.97. The van der Waals surface area contributed by atoms with E-state index >= 15 is 0 Å². The Balaban J connectivity index is 2.07. The van der Waals surface area contributed by atoms with Crippen molar-refractivity contribution >= 4 is 5.69 Å². The van der Waals surface area contributed by atoms with E-state index in [0.29, 0.717) is 19.8 Å². The third kappa shape index (κ3) is 3.07. The zero-order valence-corrected chi connectivity index (χ0v) is 10.8. The van der Waals surface area contributed by atoms with Crippen LogP contribution in [0.1, 0.15) is 20.3 Å². The monoisotopic (exact) mass is 246 g/mol. The summed E-state index contributed by atoms with van der Waals surface area (Å²) in [6.07, 6.45) is 0.902. The molecule has 0 bridgehead atoms. The molecule has 0 unspecified atom stereocenters. The van der Waals surface area contributed by atoms with Gasteiger partial charge in [-0.15, -0.1) is 0 Å². The highest BCUT2D eigenvalue weighted by molar-refractivity contribution is 5.55. The predicted molar refractivity (Wildman–Crippen MR) is 69.9 cm³/mol. The van der Waals surface area contributed by atoms with E-state index in [2.05, 4.69) is 11.4 Å². The number of nitrogens with zero attached hydrogens (tertiary/aromatic N) is 1. The van der Waals surface area contributed by atoms with E-state index < -0.39 is 0 Å². The van der Waals surface area contributed by atoms with E-state index in [-0.39, 0.29) is 5.41 Å². The number of ether oxygens (including phenoxy) is 2. The minimum Gasteiger partial charge on any atom is -0.490 e. The van der Waals surface area contributed by atoms with Crippen molar-refractivity contribution in [2.45, 2.75) is 20.3 Å². The maximum atomic E-state index is 8.97. The summed E-state index contributed by atoms with van der Waals surface area (Å²) in [6.45, 7) is 5.79. The van der Waals surface area contributed by atoms with Gasteiger partial charge in [-0.25, -0.2) is 0 Å². The van der Waals surface area contributed by atoms with Crippen LogP contribution in [0.4, 0.5) is 5.69 Å². The van der Waals surface area contributed by atoms with Gasteiger partial charge in [-0.3, -0.25) is 0 Å². The number of fused-ring (bicyclic) bond motifs is 1. The van der Waals surface area contributed by atoms with Gasteiger partial charge >= 0.3 is 0 Å². The highest BCUT2D eigenvalue weighted by Crippen LogP contribution is 2.32. The molecule has 4 heteroatoms. The number of hydrogen-bond donors (Lipinski definition) is 1. The van der Waals surface area contributed by atoms with Gasteiger partial charge < -0.3 is 14.8 Å². The molecule has 0 saturated carbocycles. The van der Waals surface area contributed by atoms with Gasteiger partial charge in [0.25, 0.3) is 0 Å². The first-order chi connectivity index (χ1) is 8.61. The molecule has 18 heavy (non-hydrogen) atoms. The Bertz CT molecular complexity index is 463. The van der Waals surface area contributed by atoms with Crippen molar-refractivity contribution in [1.82, 2.24) is 0 Å². The van der Waals surface area contributed by atoms with E-state index in [1.165, 1.54) is 0 Å². The number of rotatable bonds is 3. The Morgan fingerprint density at radius 3 is 2.72 bits per heavy atom. The lowest BCUT2D eigenvalue weighted by Gasteiger charge is -2.17. The SMILES string of the molecule is CC(C)(C#N)CNc1ccc2c(c1)OCCCO2. The molecule has 1 aliphatic heterocycles. The smallest absolute Gasteiger partial charge is 0.163 e. The Morgan fingerprint density at radius 2 is 2.00 bits per heavy atom. The summed E-state index contributed by atoms with van der Waals surface area (Å²) in [6, 6.07) is 8.04. The van der Waals surface area contributed by atoms with Gasteiger partial charge in [0.15, 0.2) is 11.5 Å². The lowest BCUT2D eigenvalue weighted by molar-refractivity contribution is 0.297. The number of nitrogens with one attached hydrogen (secondary N) is 1. The average molecular weight is 246 g/mol. The summed E-state index contributed by atoms with van der Waals surface area (Å²) in [4.78, 5) is 0. The van der Waals surface area contributed by atoms with Crippen LogP contribution in [-0.2, 0) is 0 Å². The maximum Gasteiger partial charge on any atom is 0.163 e. The van der Waals surface area contributed by atoms with Crippen molar-refractivity contribution in [2.24, 2.45) is 5.41 Å². The van der Waals surface area contributed by atoms with Crippen molar-refractivity contribution in [3.63, 3.8) is 0 Å². The van der Waals surface area contributed by atoms with Crippen LogP contribution in [0.2, 0.25) is 0 Å². The van der Waals surface area contributed by atoms with E-state index in [0.717, 1.165) is 23.6 Å². The first-order valence-electron chi connectivity index (χ1n) is 6.15. The molecular formula is C14H18N2O2. The van der Waals surface area contributed by atoms with Gasteiger partial charge in [0, 0.05) is 24.7 Å². The molecule has 4 nitrogen and oxygen atoms in total. The molecule has 0 aliphatic carbocycles. The first kappa shape index (κ1) is 12.6. The topological polar surface area (TPSA) is 54.3 Å². The van der Waals surface area contributed by atoms with E-state index in [4.69, 9.17) is 14.7 Å². The second-order valence-electron chi connectivity index (χ2n) is 5.06. The Morgan fingerprint density at radius 1 is 1.28 bits per heavy atom. The second-order valence-corrected chi connectivity index (χ2v) is 5.06. The largest absolute Gasteiger partial charge is 0.490 e. The third-order valence-electron chi connectivity index (χ3n) is 2.78. The van der Waals surface area contributed by atoms with Crippen LogP contribution in [0, 0.1) is 16.7 Å². The fraction of sp³-hybridized carbons (Fsp3) is 0.500. The quantitative estimate of drug-likeness (QED) is 0.891. The normalized spacial score (nSPS) is 14.5. The van der Waals surface area contributed by atoms with Gasteiger partial charge in [-0.2, -0.15) is 5.26 Å². The van der Waals surface area contributed by atoms with Crippen LogP contribution >= 0.6 is 0 Å². The standard InChI is InChI=1S/C14H18N2O2/c1-14(2,9-15)10-16-11-4-5-12-13(8-11)18-7-3-6-17-12/h4-5,8,16H,3,6-7,10H2,1-2H3. The first-order valence-corrected chi connectivity index (χ1v) is 6.15. The Labute approximate surface area is 108 Å². The van der Waals surface area contributed by atoms with Crippen molar-refractivity contribution < 1.29 is 9.47 Å². The Kier molecular flexibility index (Phi) is 3.61. The van der Waals surface area contributed by atoms with E-state index in [1.54, 1.807) is 0 Å². The van der Waals surface area contributed by atoms with Gasteiger partial charge in [0.05, 0.1) is 24.7 Å². The third-order valence-corrected chi connectivity index (χ3v) is 2.78. The number of anilines is 1. The van der Waals surface area contributed by atoms with Crippen LogP contribution in [0.3, 0.4) is 0 Å². The molecule has 1 heterocycles. The molecule has 1 N–H and O–H groups in total. The molecule has 1 aromatic rings. The summed E-state index contributed by atoms with van der Waals surface area (Å²) >= 11 is 0. The van der Waals surface area contributed by atoms with Crippen molar-refractivity contribution in [2.75, 3.05) is 25.1 Å². The van der Waals surface area contributed by atoms with Crippen molar-refractivity contribution in [3.05, 3.63) is 18.2 Å². The average Bonchev–Trinajstić information content (AvgIpc) is 2.61. The molecule has 2 rings (SSSR count). The number of hydrogen-bond acceptors (Lipinski definition) is 4. The van der Waals surface area contributed by atoms with E-state index in [9.17, 15) is 0 Å². The van der Waals surface area contributed by atoms with Gasteiger partial charge in [0.2, 0.25) is 0 Å². The highest BCUT2D eigenvalue weighted by Gasteiger charge is 2.17. The lowest BCUT2D eigenvalue weighted by Crippen LogP contribution is -2.20. The molecule has 1 aromatic carbocycles. The van der Waals surface area contributed by atoms with E-state index in [1.807, 2.05) is 32.0 Å². The minimum atomic E-state index is -0.385. The molecule has 0 atom stereocenters. The van der Waals surface area contributed by atoms with Gasteiger partial charge in [-0.05, 0) is 26.0 Å². The fourth-order valence-corrected chi connectivity index (χ4v) is 1.64. The number of benzene rings is 1. The molecule has 1 aliphatic rings. The summed E-state index contributed by atoms with van der Waals surface area (Å²) in [5.41, 5.74) is 0.562. The number of nitriles is 1. The van der Waals surface area contributed by atoms with Crippen molar-refractivity contribution in [3.8, 4) is 17.6 Å². The molecule has 96 valence electrons. The fourth-order valence-electron chi connectivity index (χ4n) is 1.64. The predicted octanol–water partition coefficient (Wildman–Crippen LogP) is 2.81. The summed E-state index contributed by atoms with van der Waals surface area (Å²) < 4.78 is 11.2. The zero-order chi connectivity index (χ0) is 13.0. The van der Waals surface area contributed by atoms with Crippen molar-refractivity contribution in [1.29, 1.82) is 5.26 Å². The second kappa shape index (κ2) is 5.18. The van der Waals surface area contributed by atoms with Crippen LogP contribution < -0.4 is 14.8 Å².